The smallest absolute Gasteiger partial charge is 0.330 e. The van der Waals surface area contributed by atoms with Crippen molar-refractivity contribution in [3.05, 3.63) is 53.5 Å². The number of hydrogen-bond donors (Lipinski definition) is 1. The molecule has 3 rings (SSSR count). The number of carbonyl (C=O) groups excluding carboxylic acids is 3. The summed E-state index contributed by atoms with van der Waals surface area (Å²) in [5.41, 5.74) is 2.56. The van der Waals surface area contributed by atoms with Crippen molar-refractivity contribution in [2.24, 2.45) is 0 Å². The molecule has 148 valence electrons. The van der Waals surface area contributed by atoms with Gasteiger partial charge in [0, 0.05) is 18.4 Å². The summed E-state index contributed by atoms with van der Waals surface area (Å²) in [7, 11) is 0. The second-order valence-corrected chi connectivity index (χ2v) is 7.68. The highest BCUT2D eigenvalue weighted by Gasteiger charge is 2.43. The molecule has 2 atom stereocenters. The first-order valence-corrected chi connectivity index (χ1v) is 9.90. The van der Waals surface area contributed by atoms with Crippen LogP contribution in [0.2, 0.25) is 0 Å². The van der Waals surface area contributed by atoms with E-state index in [0.717, 1.165) is 11.1 Å². The van der Waals surface area contributed by atoms with Crippen molar-refractivity contribution in [1.29, 1.82) is 0 Å². The van der Waals surface area contributed by atoms with Crippen molar-refractivity contribution < 1.29 is 23.5 Å². The minimum absolute atomic E-state index is 0.256. The van der Waals surface area contributed by atoms with Crippen molar-refractivity contribution in [3.63, 3.8) is 0 Å². The number of para-hydroxylation sites is 1. The van der Waals surface area contributed by atoms with E-state index >= 15 is 0 Å². The van der Waals surface area contributed by atoms with Gasteiger partial charge in [0.15, 0.2) is 6.61 Å². The Hall–Kier alpha value is -2.74. The predicted molar refractivity (Wildman–Crippen MR) is 106 cm³/mol. The van der Waals surface area contributed by atoms with Gasteiger partial charge < -0.3 is 19.4 Å². The van der Waals surface area contributed by atoms with Gasteiger partial charge in [-0.05, 0) is 37.1 Å². The van der Waals surface area contributed by atoms with E-state index in [1.807, 2.05) is 32.0 Å². The van der Waals surface area contributed by atoms with Crippen LogP contribution in [0.1, 0.15) is 29.2 Å². The van der Waals surface area contributed by atoms with Crippen LogP contribution in [0.3, 0.4) is 0 Å². The van der Waals surface area contributed by atoms with Gasteiger partial charge in [-0.3, -0.25) is 9.59 Å². The Morgan fingerprint density at radius 1 is 1.21 bits per heavy atom. The van der Waals surface area contributed by atoms with Gasteiger partial charge in [0.2, 0.25) is 5.91 Å². The lowest BCUT2D eigenvalue weighted by molar-refractivity contribution is -0.155. The molecule has 1 aromatic heterocycles. The summed E-state index contributed by atoms with van der Waals surface area (Å²) in [5.74, 6) is -0.305. The number of thioether (sulfide) groups is 1. The summed E-state index contributed by atoms with van der Waals surface area (Å²) >= 11 is 1.42. The van der Waals surface area contributed by atoms with E-state index in [9.17, 15) is 14.4 Å². The van der Waals surface area contributed by atoms with Crippen LogP contribution in [0.25, 0.3) is 0 Å². The molecule has 0 aliphatic carbocycles. The van der Waals surface area contributed by atoms with Crippen LogP contribution in [0, 0.1) is 13.8 Å². The van der Waals surface area contributed by atoms with Gasteiger partial charge in [-0.25, -0.2) is 4.79 Å². The molecule has 0 radical (unpaired) electrons. The first-order chi connectivity index (χ1) is 13.4. The maximum Gasteiger partial charge on any atom is 0.330 e. The van der Waals surface area contributed by atoms with Crippen LogP contribution in [0.15, 0.2) is 41.0 Å². The zero-order valence-corrected chi connectivity index (χ0v) is 16.7. The average Bonchev–Trinajstić information content (AvgIpc) is 3.31. The second kappa shape index (κ2) is 8.52. The van der Waals surface area contributed by atoms with E-state index in [0.29, 0.717) is 17.2 Å². The van der Waals surface area contributed by atoms with Gasteiger partial charge in [-0.2, -0.15) is 0 Å². The van der Waals surface area contributed by atoms with Gasteiger partial charge in [-0.15, -0.1) is 11.8 Å². The summed E-state index contributed by atoms with van der Waals surface area (Å²) in [6.07, 6.45) is 1.53. The number of furan rings is 1. The molecule has 1 aromatic carbocycles. The minimum atomic E-state index is -0.759. The fourth-order valence-corrected chi connectivity index (χ4v) is 4.56. The highest BCUT2D eigenvalue weighted by atomic mass is 32.2. The van der Waals surface area contributed by atoms with E-state index in [-0.39, 0.29) is 11.3 Å². The summed E-state index contributed by atoms with van der Waals surface area (Å²) in [6.45, 7) is 4.77. The molecule has 2 aromatic rings. The summed E-state index contributed by atoms with van der Waals surface area (Å²) in [4.78, 5) is 38.3. The molecule has 8 heteroatoms. The Morgan fingerprint density at radius 2 is 1.93 bits per heavy atom. The highest BCUT2D eigenvalue weighted by molar-refractivity contribution is 7.99. The quantitative estimate of drug-likeness (QED) is 0.774. The van der Waals surface area contributed by atoms with E-state index in [2.05, 4.69) is 5.32 Å². The minimum Gasteiger partial charge on any atom is -0.466 e. The van der Waals surface area contributed by atoms with Crippen molar-refractivity contribution in [1.82, 2.24) is 4.90 Å². The van der Waals surface area contributed by atoms with Gasteiger partial charge >= 0.3 is 5.97 Å². The Morgan fingerprint density at radius 3 is 2.54 bits per heavy atom. The van der Waals surface area contributed by atoms with E-state index in [4.69, 9.17) is 9.15 Å². The Balaban J connectivity index is 1.61. The molecule has 1 aliphatic heterocycles. The summed E-state index contributed by atoms with van der Waals surface area (Å²) < 4.78 is 10.6. The molecule has 2 amide bonds. The number of rotatable bonds is 5. The van der Waals surface area contributed by atoms with Gasteiger partial charge in [0.25, 0.3) is 5.91 Å². The number of anilines is 1. The Labute approximate surface area is 167 Å². The molecule has 1 aliphatic rings. The molecular formula is C20H22N2O5S. The number of carbonyl (C=O) groups is 3. The topological polar surface area (TPSA) is 88.8 Å². The lowest BCUT2D eigenvalue weighted by atomic mass is 10.1. The number of nitrogens with zero attached hydrogens (tertiary/aromatic N) is 1. The molecular weight excluding hydrogens is 380 g/mol. The Bertz CT molecular complexity index is 860. The predicted octanol–water partition coefficient (Wildman–Crippen LogP) is 3.04. The second-order valence-electron chi connectivity index (χ2n) is 6.57. The normalized spacial score (nSPS) is 18.8. The van der Waals surface area contributed by atoms with Crippen molar-refractivity contribution in [2.45, 2.75) is 32.2 Å². The molecule has 1 fully saturated rings. The fourth-order valence-electron chi connectivity index (χ4n) is 3.14. The van der Waals surface area contributed by atoms with Crippen molar-refractivity contribution in [3.8, 4) is 0 Å². The molecule has 28 heavy (non-hydrogen) atoms. The molecule has 1 saturated heterocycles. The number of aryl methyl sites for hydroxylation is 2. The monoisotopic (exact) mass is 402 g/mol. The average molecular weight is 402 g/mol. The molecule has 2 heterocycles. The molecule has 0 unspecified atom stereocenters. The maximum absolute atomic E-state index is 12.5. The van der Waals surface area contributed by atoms with Crippen molar-refractivity contribution in [2.75, 3.05) is 17.7 Å². The van der Waals surface area contributed by atoms with Crippen LogP contribution in [0.5, 0.6) is 0 Å². The third-order valence-electron chi connectivity index (χ3n) is 4.51. The zero-order chi connectivity index (χ0) is 20.3. The first-order valence-electron chi connectivity index (χ1n) is 8.85. The van der Waals surface area contributed by atoms with Gasteiger partial charge in [0.1, 0.15) is 17.2 Å². The number of nitrogens with one attached hydrogen (secondary N) is 1. The molecule has 1 N–H and O–H groups in total. The third kappa shape index (κ3) is 4.22. The van der Waals surface area contributed by atoms with E-state index in [1.54, 1.807) is 12.1 Å². The molecule has 7 nitrogen and oxygen atoms in total. The summed E-state index contributed by atoms with van der Waals surface area (Å²) in [6, 6.07) is 8.43. The fraction of sp³-hybridized carbons (Fsp3) is 0.350. The lowest BCUT2D eigenvalue weighted by Gasteiger charge is -2.25. The number of amides is 2. The number of benzene rings is 1. The highest BCUT2D eigenvalue weighted by Crippen LogP contribution is 2.41. The van der Waals surface area contributed by atoms with Crippen LogP contribution in [-0.2, 0) is 19.1 Å². The van der Waals surface area contributed by atoms with Crippen LogP contribution in [0.4, 0.5) is 5.69 Å². The maximum atomic E-state index is 12.5. The van der Waals surface area contributed by atoms with Crippen molar-refractivity contribution >= 4 is 35.2 Å². The number of hydrogen-bond acceptors (Lipinski definition) is 6. The van der Waals surface area contributed by atoms with Crippen LogP contribution < -0.4 is 5.32 Å². The van der Waals surface area contributed by atoms with Crippen LogP contribution >= 0.6 is 11.8 Å². The van der Waals surface area contributed by atoms with Crippen LogP contribution in [-0.4, -0.2) is 41.1 Å². The largest absolute Gasteiger partial charge is 0.466 e. The Kier molecular flexibility index (Phi) is 6.08. The SMILES string of the molecule is CC(=O)N1[C@H](C(=O)OCC(=O)Nc2c(C)cccc2C)CS[C@H]1c1ccco1. The zero-order valence-electron chi connectivity index (χ0n) is 15.9. The molecule has 0 spiro atoms. The lowest BCUT2D eigenvalue weighted by Crippen LogP contribution is -2.43. The third-order valence-corrected chi connectivity index (χ3v) is 5.80. The van der Waals surface area contributed by atoms with Gasteiger partial charge in [0.05, 0.1) is 6.26 Å². The number of ether oxygens (including phenoxy) is 1. The molecule has 0 saturated carbocycles. The van der Waals surface area contributed by atoms with E-state index in [1.165, 1.54) is 29.8 Å². The number of esters is 1. The first kappa shape index (κ1) is 20.0. The summed E-state index contributed by atoms with van der Waals surface area (Å²) in [5, 5.41) is 2.39. The van der Waals surface area contributed by atoms with Gasteiger partial charge in [-0.1, -0.05) is 18.2 Å². The van der Waals surface area contributed by atoms with E-state index < -0.39 is 24.5 Å². The molecule has 0 bridgehead atoms. The standard InChI is InChI=1S/C20H22N2O5S/c1-12-6-4-7-13(2)18(12)21-17(24)10-27-20(25)15-11-28-19(22(15)14(3)23)16-8-5-9-26-16/h4-9,15,19H,10-11H2,1-3H3,(H,21,24)/t15-,19-/m0/s1.